The molecule has 14 heteroatoms. The average Bonchev–Trinajstić information content (AvgIpc) is 3.89. The zero-order chi connectivity index (χ0) is 45.4. The molecule has 4 aliphatic heterocycles. The molecular formula is C50H61N7O7. The lowest BCUT2D eigenvalue weighted by molar-refractivity contribution is -0.155. The van der Waals surface area contributed by atoms with Crippen molar-refractivity contribution in [3.8, 4) is 22.4 Å². The summed E-state index contributed by atoms with van der Waals surface area (Å²) < 4.78 is 14.7. The maximum atomic E-state index is 14.7. The van der Waals surface area contributed by atoms with E-state index in [4.69, 9.17) is 14.5 Å². The Bertz CT molecular complexity index is 2480. The van der Waals surface area contributed by atoms with Gasteiger partial charge in [-0.3, -0.25) is 34.0 Å². The Morgan fingerprint density at radius 3 is 2.61 bits per heavy atom. The van der Waals surface area contributed by atoms with Crippen LogP contribution in [0.1, 0.15) is 76.8 Å². The number of rotatable bonds is 6. The molecule has 338 valence electrons. The van der Waals surface area contributed by atoms with Gasteiger partial charge in [-0.25, -0.2) is 5.43 Å². The molecule has 0 saturated carbocycles. The van der Waals surface area contributed by atoms with Gasteiger partial charge in [-0.15, -0.1) is 0 Å². The Hall–Kier alpha value is -5.86. The predicted molar refractivity (Wildman–Crippen MR) is 243 cm³/mol. The van der Waals surface area contributed by atoms with Gasteiger partial charge in [0.05, 0.1) is 36.6 Å². The molecule has 6 heterocycles. The number of fused-ring (bicyclic) bond motifs is 11. The van der Waals surface area contributed by atoms with Crippen molar-refractivity contribution >= 4 is 40.5 Å². The quantitative estimate of drug-likeness (QED) is 0.186. The molecule has 64 heavy (non-hydrogen) atoms. The third-order valence-electron chi connectivity index (χ3n) is 13.3. The minimum Gasteiger partial charge on any atom is -0.464 e. The number of hydrazine groups is 1. The molecule has 4 aromatic rings. The Kier molecular flexibility index (Phi) is 12.8. The second-order valence-electron chi connectivity index (χ2n) is 19.0. The third-order valence-corrected chi connectivity index (χ3v) is 13.3. The fraction of sp³-hybridized carbons (Fsp3) is 0.480. The van der Waals surface area contributed by atoms with Gasteiger partial charge in [-0.05, 0) is 91.1 Å². The fourth-order valence-corrected chi connectivity index (χ4v) is 10.1. The summed E-state index contributed by atoms with van der Waals surface area (Å²) in [5, 5.41) is 5.59. The van der Waals surface area contributed by atoms with Gasteiger partial charge in [0.2, 0.25) is 17.7 Å². The maximum Gasteiger partial charge on any atom is 0.324 e. The molecule has 2 aromatic heterocycles. The van der Waals surface area contributed by atoms with Crippen LogP contribution in [-0.4, -0.2) is 112 Å². The number of carbonyl (C=O) groups excluding carboxylic acids is 5. The first-order valence-electron chi connectivity index (χ1n) is 22.7. The maximum absolute atomic E-state index is 14.7. The highest BCUT2D eigenvalue weighted by molar-refractivity contribution is 5.96. The highest BCUT2D eigenvalue weighted by Gasteiger charge is 2.40. The number of carbonyl (C=O) groups is 5. The molecule has 2 aromatic carbocycles. The number of aromatic nitrogens is 2. The van der Waals surface area contributed by atoms with Gasteiger partial charge >= 0.3 is 5.97 Å². The van der Waals surface area contributed by atoms with Gasteiger partial charge in [0.25, 0.3) is 5.91 Å². The number of benzene rings is 2. The second-order valence-corrected chi connectivity index (χ2v) is 19.0. The molecule has 2 N–H and O–H groups in total. The molecule has 0 radical (unpaired) electrons. The van der Waals surface area contributed by atoms with Crippen molar-refractivity contribution in [1.29, 1.82) is 0 Å². The summed E-state index contributed by atoms with van der Waals surface area (Å²) in [6.45, 7) is 15.9. The largest absolute Gasteiger partial charge is 0.464 e. The molecule has 1 unspecified atom stereocenters. The van der Waals surface area contributed by atoms with Gasteiger partial charge in [0.1, 0.15) is 18.1 Å². The van der Waals surface area contributed by atoms with Crippen LogP contribution in [0.15, 0.2) is 73.4 Å². The molecule has 2 fully saturated rings. The van der Waals surface area contributed by atoms with E-state index in [1.54, 1.807) is 11.9 Å². The van der Waals surface area contributed by atoms with Crippen LogP contribution in [0.5, 0.6) is 0 Å². The van der Waals surface area contributed by atoms with Crippen molar-refractivity contribution in [2.45, 2.75) is 97.5 Å². The van der Waals surface area contributed by atoms with Crippen LogP contribution < -0.4 is 10.7 Å². The normalized spacial score (nSPS) is 22.9. The van der Waals surface area contributed by atoms with E-state index in [9.17, 15) is 24.0 Å². The van der Waals surface area contributed by atoms with Crippen LogP contribution in [0.3, 0.4) is 0 Å². The Labute approximate surface area is 375 Å². The first-order valence-corrected chi connectivity index (χ1v) is 22.7. The van der Waals surface area contributed by atoms with Crippen LogP contribution in [0.25, 0.3) is 33.3 Å². The summed E-state index contributed by atoms with van der Waals surface area (Å²) in [4.78, 5) is 77.1. The van der Waals surface area contributed by atoms with E-state index in [1.807, 2.05) is 45.2 Å². The van der Waals surface area contributed by atoms with E-state index in [2.05, 4.69) is 72.1 Å². The fourth-order valence-electron chi connectivity index (χ4n) is 10.1. The number of nitrogens with zero attached hydrogens (tertiary/aromatic N) is 5. The lowest BCUT2D eigenvalue weighted by Crippen LogP contribution is -2.62. The number of cyclic esters (lactones) is 1. The third kappa shape index (κ3) is 8.94. The van der Waals surface area contributed by atoms with Crippen molar-refractivity contribution in [3.05, 3.63) is 90.3 Å². The van der Waals surface area contributed by atoms with Crippen molar-refractivity contribution in [2.24, 2.45) is 17.3 Å². The Morgan fingerprint density at radius 1 is 1.03 bits per heavy atom. The molecule has 5 atom stereocenters. The number of esters is 1. The van der Waals surface area contributed by atoms with Gasteiger partial charge in [0, 0.05) is 67.7 Å². The molecule has 0 spiro atoms. The molecule has 8 rings (SSSR count). The minimum absolute atomic E-state index is 0.149. The molecule has 0 aliphatic carbocycles. The zero-order valence-corrected chi connectivity index (χ0v) is 37.9. The van der Waals surface area contributed by atoms with E-state index in [1.165, 1.54) is 16.0 Å². The number of nitrogens with one attached hydrogen (secondary N) is 2. The SMILES string of the molecule is C=CC(=O)N1CCC(C(=O)N(C)[C@H](C(=O)N[C@H]2Cc3cccc(c3)-c3ccc4c(c3)c(c3n4CCO[C@@H](C)c4ncccc4-3)CC(C)(C)COC(=O)[C@@H]3CCCN(N3)C2=O)C(C)C)C1. The highest BCUT2D eigenvalue weighted by Crippen LogP contribution is 2.43. The molecule has 6 bridgehead atoms. The van der Waals surface area contributed by atoms with Crippen LogP contribution >= 0.6 is 0 Å². The Morgan fingerprint density at radius 2 is 1.83 bits per heavy atom. The van der Waals surface area contributed by atoms with Gasteiger partial charge in [0.15, 0.2) is 0 Å². The minimum atomic E-state index is -1.04. The summed E-state index contributed by atoms with van der Waals surface area (Å²) in [5.74, 6) is -2.54. The molecule has 4 aliphatic rings. The average molecular weight is 872 g/mol. The number of hydrogen-bond donors (Lipinski definition) is 2. The van der Waals surface area contributed by atoms with Crippen LogP contribution in [-0.2, 0) is 52.8 Å². The molecule has 2 saturated heterocycles. The first kappa shape index (κ1) is 44.7. The van der Waals surface area contributed by atoms with Gasteiger partial charge in [-0.2, -0.15) is 0 Å². The van der Waals surface area contributed by atoms with Crippen LogP contribution in [0.2, 0.25) is 0 Å². The summed E-state index contributed by atoms with van der Waals surface area (Å²) in [6, 6.07) is 15.9. The van der Waals surface area contributed by atoms with Crippen LogP contribution in [0, 0.1) is 17.3 Å². The summed E-state index contributed by atoms with van der Waals surface area (Å²) in [5.41, 5.74) is 10.6. The van der Waals surface area contributed by atoms with Crippen LogP contribution in [0.4, 0.5) is 0 Å². The van der Waals surface area contributed by atoms with E-state index >= 15 is 0 Å². The molecule has 4 amide bonds. The number of likely N-dealkylation sites (N-methyl/N-ethyl adjacent to an activating group) is 1. The van der Waals surface area contributed by atoms with E-state index in [0.717, 1.165) is 50.1 Å². The number of amides is 4. The van der Waals surface area contributed by atoms with Crippen molar-refractivity contribution in [2.75, 3.05) is 39.9 Å². The molecule has 14 nitrogen and oxygen atoms in total. The van der Waals surface area contributed by atoms with E-state index in [-0.39, 0.29) is 43.4 Å². The number of likely N-dealkylation sites (tertiary alicyclic amines) is 1. The monoisotopic (exact) mass is 871 g/mol. The van der Waals surface area contributed by atoms with E-state index in [0.29, 0.717) is 51.9 Å². The standard InChI is InChI=1S/C50H61N7O7/c1-8-42(58)55-21-18-35(28-55)47(60)54(7)44(30(2)3)46(59)52-40-25-32-12-9-13-33(24-32)34-16-17-41-37(26-34)38(45-36-14-10-19-51-43(36)31(4)63-23-22-56(41)45)27-50(5,6)29-64-49(62)39-15-11-20-57(53-39)48(40)61/h8-10,12-14,16-17,19,24,26,30-31,35,39-40,44,53H,1,11,15,18,20-23,25,27-29H2,2-7H3,(H,52,59)/t31-,35?,39-,40-,44-/m0/s1. The lowest BCUT2D eigenvalue weighted by atomic mass is 9.84. The van der Waals surface area contributed by atoms with E-state index < -0.39 is 47.2 Å². The first-order chi connectivity index (χ1) is 30.6. The second kappa shape index (κ2) is 18.3. The Balaban J connectivity index is 1.17. The highest BCUT2D eigenvalue weighted by atomic mass is 16.5. The molecular weight excluding hydrogens is 811 g/mol. The van der Waals surface area contributed by atoms with Crippen molar-refractivity contribution in [1.82, 2.24) is 35.1 Å². The summed E-state index contributed by atoms with van der Waals surface area (Å²) >= 11 is 0. The topological polar surface area (TPSA) is 155 Å². The smallest absolute Gasteiger partial charge is 0.324 e. The van der Waals surface area contributed by atoms with Crippen molar-refractivity contribution in [3.63, 3.8) is 0 Å². The van der Waals surface area contributed by atoms with Gasteiger partial charge in [-0.1, -0.05) is 64.6 Å². The number of pyridine rings is 1. The summed E-state index contributed by atoms with van der Waals surface area (Å²) in [6.07, 6.45) is 5.14. The van der Waals surface area contributed by atoms with Crippen molar-refractivity contribution < 1.29 is 33.4 Å². The number of hydrogen-bond acceptors (Lipinski definition) is 9. The number of ether oxygens (including phenoxy) is 2. The lowest BCUT2D eigenvalue weighted by Gasteiger charge is -2.37. The predicted octanol–water partition coefficient (Wildman–Crippen LogP) is 5.63. The summed E-state index contributed by atoms with van der Waals surface area (Å²) in [7, 11) is 1.61. The van der Waals surface area contributed by atoms with Gasteiger partial charge < -0.3 is 29.2 Å². The zero-order valence-electron chi connectivity index (χ0n) is 37.9.